The second-order valence-electron chi connectivity index (χ2n) is 8.59. The third-order valence-corrected chi connectivity index (χ3v) is 6.14. The first-order valence-corrected chi connectivity index (χ1v) is 9.55. The number of pyridine rings is 1. The van der Waals surface area contributed by atoms with Gasteiger partial charge in [-0.05, 0) is 54.8 Å². The quantitative estimate of drug-likeness (QED) is 0.710. The Balaban J connectivity index is 1.68. The van der Waals surface area contributed by atoms with E-state index in [1.807, 2.05) is 0 Å². The number of nitrogens with zero attached hydrogens (tertiary/aromatic N) is 3. The Hall–Kier alpha value is -2.68. The summed E-state index contributed by atoms with van der Waals surface area (Å²) in [6, 6.07) is 12.9. The molecule has 0 atom stereocenters. The molecule has 0 unspecified atom stereocenters. The molecule has 4 rings (SSSR count). The predicted molar refractivity (Wildman–Crippen MR) is 113 cm³/mol. The summed E-state index contributed by atoms with van der Waals surface area (Å²) >= 11 is 0. The smallest absolute Gasteiger partial charge is 0.327 e. The molecule has 1 aromatic heterocycles. The Morgan fingerprint density at radius 3 is 2.37 bits per heavy atom. The van der Waals surface area contributed by atoms with E-state index in [2.05, 4.69) is 112 Å². The van der Waals surface area contributed by atoms with Gasteiger partial charge in [0.1, 0.15) is 0 Å². The molecule has 2 aliphatic rings. The van der Waals surface area contributed by atoms with E-state index in [-0.39, 0.29) is 10.8 Å². The van der Waals surface area contributed by atoms with Crippen molar-refractivity contribution in [2.24, 2.45) is 12.0 Å². The first-order chi connectivity index (χ1) is 12.7. The molecule has 0 spiro atoms. The lowest BCUT2D eigenvalue weighted by Gasteiger charge is -2.23. The fourth-order valence-electron chi connectivity index (χ4n) is 4.40. The van der Waals surface area contributed by atoms with Gasteiger partial charge in [-0.1, -0.05) is 38.1 Å². The summed E-state index contributed by atoms with van der Waals surface area (Å²) in [5.41, 5.74) is 6.28. The molecule has 0 saturated heterocycles. The van der Waals surface area contributed by atoms with E-state index in [0.717, 1.165) is 11.5 Å². The number of para-hydroxylation sites is 1. The summed E-state index contributed by atoms with van der Waals surface area (Å²) in [4.78, 5) is 7.21. The lowest BCUT2D eigenvalue weighted by molar-refractivity contribution is -0.658. The topological polar surface area (TPSA) is 19.5 Å². The number of hydrogen-bond acceptors (Lipinski definition) is 2. The largest absolute Gasteiger partial charge is 0.347 e. The minimum absolute atomic E-state index is 0.00189. The molecule has 1 aromatic carbocycles. The molecule has 0 fully saturated rings. The molecule has 0 bridgehead atoms. The Labute approximate surface area is 162 Å². The molecule has 0 amide bonds. The van der Waals surface area contributed by atoms with Gasteiger partial charge in [0.2, 0.25) is 0 Å². The first-order valence-electron chi connectivity index (χ1n) is 9.55. The zero-order valence-corrected chi connectivity index (χ0v) is 17.1. The van der Waals surface area contributed by atoms with Gasteiger partial charge in [0.05, 0.1) is 24.2 Å². The average molecular weight is 359 g/mol. The lowest BCUT2D eigenvalue weighted by Crippen LogP contribution is -2.30. The van der Waals surface area contributed by atoms with E-state index in [1.165, 1.54) is 22.5 Å². The first kappa shape index (κ1) is 17.7. The predicted octanol–water partition coefficient (Wildman–Crippen LogP) is 4.74. The fraction of sp³-hybridized carbons (Fsp3) is 0.333. The molecule has 0 aliphatic carbocycles. The summed E-state index contributed by atoms with van der Waals surface area (Å²) in [7, 11) is 4.21. The van der Waals surface area contributed by atoms with Crippen LogP contribution in [-0.2, 0) is 17.9 Å². The van der Waals surface area contributed by atoms with Crippen molar-refractivity contribution in [1.82, 2.24) is 0 Å². The van der Waals surface area contributed by atoms with Crippen LogP contribution in [0.2, 0.25) is 0 Å². The van der Waals surface area contributed by atoms with Crippen LogP contribution in [0.1, 0.15) is 38.8 Å². The van der Waals surface area contributed by atoms with E-state index in [4.69, 9.17) is 4.99 Å². The number of hydrogen-bond donors (Lipinski definition) is 0. The van der Waals surface area contributed by atoms with Gasteiger partial charge in [-0.2, -0.15) is 0 Å². The molecule has 0 N–H and O–H groups in total. The molecule has 138 valence electrons. The summed E-state index contributed by atoms with van der Waals surface area (Å²) < 4.78 is 2.10. The Morgan fingerprint density at radius 2 is 1.67 bits per heavy atom. The van der Waals surface area contributed by atoms with Crippen molar-refractivity contribution in [3.63, 3.8) is 0 Å². The molecule has 3 nitrogen and oxygen atoms in total. The highest BCUT2D eigenvalue weighted by molar-refractivity contribution is 6.07. The van der Waals surface area contributed by atoms with Crippen LogP contribution in [0.25, 0.3) is 0 Å². The van der Waals surface area contributed by atoms with Crippen molar-refractivity contribution in [1.29, 1.82) is 0 Å². The molecule has 3 heteroatoms. The van der Waals surface area contributed by atoms with Crippen LogP contribution in [-0.4, -0.2) is 12.8 Å². The molecule has 2 aliphatic heterocycles. The molecule has 27 heavy (non-hydrogen) atoms. The van der Waals surface area contributed by atoms with E-state index in [0.29, 0.717) is 0 Å². The van der Waals surface area contributed by atoms with Crippen LogP contribution in [0.5, 0.6) is 0 Å². The van der Waals surface area contributed by atoms with Crippen molar-refractivity contribution in [3.8, 4) is 0 Å². The fourth-order valence-corrected chi connectivity index (χ4v) is 4.40. The third-order valence-electron chi connectivity index (χ3n) is 6.14. The summed E-state index contributed by atoms with van der Waals surface area (Å²) in [5, 5.41) is 0. The van der Waals surface area contributed by atoms with Gasteiger partial charge >= 0.3 is 5.82 Å². The van der Waals surface area contributed by atoms with Crippen LogP contribution in [0.15, 0.2) is 71.5 Å². The summed E-state index contributed by atoms with van der Waals surface area (Å²) in [5.74, 6) is 1.06. The minimum atomic E-state index is -0.0799. The second kappa shape index (κ2) is 5.91. The van der Waals surface area contributed by atoms with Crippen molar-refractivity contribution in [2.45, 2.75) is 38.5 Å². The maximum Gasteiger partial charge on any atom is 0.327 e. The molecule has 2 aromatic rings. The summed E-state index contributed by atoms with van der Waals surface area (Å²) in [6.45, 7) is 9.08. The number of aliphatic imine (C=N–C) groups is 1. The highest BCUT2D eigenvalue weighted by Gasteiger charge is 2.41. The third kappa shape index (κ3) is 2.56. The zero-order valence-electron chi connectivity index (χ0n) is 17.1. The SMILES string of the molecule is CN1/C(=C/C=C/C2=Nc3c(ccc[n+]3C)C2(C)C)C(C)(C)c2ccccc21. The molecule has 0 radical (unpaired) electrons. The Bertz CT molecular complexity index is 1010. The molecular formula is C24H28N3+. The average Bonchev–Trinajstić information content (AvgIpc) is 3.00. The highest BCUT2D eigenvalue weighted by Crippen LogP contribution is 2.46. The monoisotopic (exact) mass is 358 g/mol. The zero-order chi connectivity index (χ0) is 19.4. The van der Waals surface area contributed by atoms with Crippen molar-refractivity contribution in [3.05, 3.63) is 77.6 Å². The maximum absolute atomic E-state index is 4.91. The molecular weight excluding hydrogens is 330 g/mol. The van der Waals surface area contributed by atoms with Gasteiger partial charge in [0, 0.05) is 23.8 Å². The highest BCUT2D eigenvalue weighted by atomic mass is 15.2. The van der Waals surface area contributed by atoms with E-state index >= 15 is 0 Å². The minimum Gasteiger partial charge on any atom is -0.347 e. The maximum atomic E-state index is 4.91. The van der Waals surface area contributed by atoms with E-state index < -0.39 is 0 Å². The number of rotatable bonds is 2. The van der Waals surface area contributed by atoms with Crippen molar-refractivity contribution >= 4 is 17.2 Å². The van der Waals surface area contributed by atoms with E-state index in [9.17, 15) is 0 Å². The van der Waals surface area contributed by atoms with Gasteiger partial charge in [-0.25, -0.2) is 4.57 Å². The van der Waals surface area contributed by atoms with Crippen LogP contribution < -0.4 is 9.47 Å². The Morgan fingerprint density at radius 1 is 0.963 bits per heavy atom. The molecule has 0 saturated carbocycles. The van der Waals surface area contributed by atoms with Gasteiger partial charge in [0.15, 0.2) is 5.71 Å². The van der Waals surface area contributed by atoms with Crippen LogP contribution in [0.3, 0.4) is 0 Å². The number of aromatic nitrogens is 1. The number of allylic oxidation sites excluding steroid dienone is 4. The van der Waals surface area contributed by atoms with E-state index in [1.54, 1.807) is 0 Å². The van der Waals surface area contributed by atoms with Gasteiger partial charge in [-0.15, -0.1) is 0 Å². The van der Waals surface area contributed by atoms with Crippen LogP contribution in [0, 0.1) is 0 Å². The lowest BCUT2D eigenvalue weighted by atomic mass is 9.82. The van der Waals surface area contributed by atoms with Crippen molar-refractivity contribution < 1.29 is 4.57 Å². The number of fused-ring (bicyclic) bond motifs is 2. The van der Waals surface area contributed by atoms with Gasteiger partial charge < -0.3 is 4.90 Å². The number of likely N-dealkylation sites (N-methyl/N-ethyl adjacent to an activating group) is 1. The number of benzene rings is 1. The standard InChI is InChI=1S/C24H28N3/c1-23(2)18-12-10-16-26(5)22(18)25-20(23)14-9-15-21-24(3,4)17-11-7-8-13-19(17)27(21)6/h7-16H,1-6H3/q+1. The number of aryl methyl sites for hydroxylation is 1. The Kier molecular flexibility index (Phi) is 3.88. The number of anilines is 1. The molecule has 3 heterocycles. The van der Waals surface area contributed by atoms with Crippen LogP contribution in [0.4, 0.5) is 11.5 Å². The van der Waals surface area contributed by atoms with Crippen LogP contribution >= 0.6 is 0 Å². The summed E-state index contributed by atoms with van der Waals surface area (Å²) in [6.07, 6.45) is 8.62. The van der Waals surface area contributed by atoms with Gasteiger partial charge in [-0.3, -0.25) is 0 Å². The normalized spacial score (nSPS) is 20.9. The van der Waals surface area contributed by atoms with Gasteiger partial charge in [0.25, 0.3) is 0 Å². The second-order valence-corrected chi connectivity index (χ2v) is 8.59. The van der Waals surface area contributed by atoms with Crippen molar-refractivity contribution in [2.75, 3.05) is 11.9 Å².